The normalized spacial score (nSPS) is 10.7. The van der Waals surface area contributed by atoms with Crippen molar-refractivity contribution in [3.63, 3.8) is 0 Å². The summed E-state index contributed by atoms with van der Waals surface area (Å²) in [6.07, 6.45) is 5.10. The van der Waals surface area contributed by atoms with E-state index in [-0.39, 0.29) is 0 Å². The summed E-state index contributed by atoms with van der Waals surface area (Å²) >= 11 is 1.43. The number of hydrogen-bond acceptors (Lipinski definition) is 6. The van der Waals surface area contributed by atoms with Gasteiger partial charge in [0.05, 0.1) is 6.20 Å². The van der Waals surface area contributed by atoms with Gasteiger partial charge >= 0.3 is 0 Å². The van der Waals surface area contributed by atoms with Gasteiger partial charge in [-0.25, -0.2) is 15.0 Å². The number of aryl methyl sites for hydroxylation is 1. The maximum atomic E-state index is 5.26. The van der Waals surface area contributed by atoms with Crippen LogP contribution in [0.4, 0.5) is 5.82 Å². The molecule has 19 heavy (non-hydrogen) atoms. The Labute approximate surface area is 117 Å². The van der Waals surface area contributed by atoms with Crippen molar-refractivity contribution < 1.29 is 4.42 Å². The van der Waals surface area contributed by atoms with Gasteiger partial charge in [-0.05, 0) is 32.0 Å². The van der Waals surface area contributed by atoms with E-state index in [0.717, 1.165) is 41.6 Å². The van der Waals surface area contributed by atoms with Gasteiger partial charge < -0.3 is 9.73 Å². The third kappa shape index (κ3) is 3.47. The van der Waals surface area contributed by atoms with Crippen molar-refractivity contribution in [3.05, 3.63) is 23.8 Å². The predicted molar refractivity (Wildman–Crippen MR) is 75.6 cm³/mol. The Morgan fingerprint density at radius 2 is 2.16 bits per heavy atom. The van der Waals surface area contributed by atoms with Crippen molar-refractivity contribution in [2.45, 2.75) is 43.9 Å². The van der Waals surface area contributed by atoms with Crippen LogP contribution in [0.25, 0.3) is 0 Å². The fourth-order valence-corrected chi connectivity index (χ4v) is 2.44. The average Bonchev–Trinajstić information content (AvgIpc) is 2.88. The third-order valence-electron chi connectivity index (χ3n) is 2.56. The molecule has 2 rings (SSSR count). The highest BCUT2D eigenvalue weighted by molar-refractivity contribution is 7.99. The van der Waals surface area contributed by atoms with Crippen LogP contribution in [0.2, 0.25) is 0 Å². The van der Waals surface area contributed by atoms with Crippen molar-refractivity contribution in [1.82, 2.24) is 15.0 Å². The van der Waals surface area contributed by atoms with Crippen molar-refractivity contribution in [3.8, 4) is 0 Å². The molecule has 0 fully saturated rings. The van der Waals surface area contributed by atoms with Crippen molar-refractivity contribution in [2.75, 3.05) is 11.9 Å². The highest BCUT2D eigenvalue weighted by Crippen LogP contribution is 2.30. The first-order valence-electron chi connectivity index (χ1n) is 6.43. The zero-order chi connectivity index (χ0) is 13.7. The van der Waals surface area contributed by atoms with E-state index in [0.29, 0.717) is 5.22 Å². The number of rotatable bonds is 6. The first-order valence-corrected chi connectivity index (χ1v) is 7.25. The molecule has 0 aliphatic heterocycles. The lowest BCUT2D eigenvalue weighted by molar-refractivity contribution is 0.454. The summed E-state index contributed by atoms with van der Waals surface area (Å²) in [5, 5.41) is 4.78. The van der Waals surface area contributed by atoms with Crippen LogP contribution in [-0.4, -0.2) is 21.5 Å². The van der Waals surface area contributed by atoms with Crippen LogP contribution in [0.1, 0.15) is 31.7 Å². The van der Waals surface area contributed by atoms with Gasteiger partial charge in [0.25, 0.3) is 5.22 Å². The molecule has 0 aliphatic rings. The molecule has 5 nitrogen and oxygen atoms in total. The lowest BCUT2D eigenvalue weighted by atomic mass is 10.3. The van der Waals surface area contributed by atoms with Gasteiger partial charge in [0.15, 0.2) is 0 Å². The Morgan fingerprint density at radius 1 is 1.32 bits per heavy atom. The molecule has 6 heteroatoms. The molecule has 0 aliphatic carbocycles. The monoisotopic (exact) mass is 278 g/mol. The minimum absolute atomic E-state index is 0.603. The fraction of sp³-hybridized carbons (Fsp3) is 0.462. The zero-order valence-electron chi connectivity index (χ0n) is 11.4. The predicted octanol–water partition coefficient (Wildman–Crippen LogP) is 3.31. The molecule has 2 aromatic heterocycles. The van der Waals surface area contributed by atoms with E-state index in [1.165, 1.54) is 11.8 Å². The van der Waals surface area contributed by atoms with Crippen molar-refractivity contribution >= 4 is 17.6 Å². The molecule has 0 spiro atoms. The number of oxazole rings is 1. The summed E-state index contributed by atoms with van der Waals surface area (Å²) in [7, 11) is 0. The molecule has 0 aromatic carbocycles. The van der Waals surface area contributed by atoms with E-state index in [2.05, 4.69) is 34.1 Å². The smallest absolute Gasteiger partial charge is 0.261 e. The van der Waals surface area contributed by atoms with E-state index < -0.39 is 0 Å². The van der Waals surface area contributed by atoms with Gasteiger partial charge in [-0.15, -0.1) is 0 Å². The molecule has 2 aromatic rings. The van der Waals surface area contributed by atoms with Crippen molar-refractivity contribution in [1.29, 1.82) is 0 Å². The summed E-state index contributed by atoms with van der Waals surface area (Å²) < 4.78 is 5.26. The second-order valence-electron chi connectivity index (χ2n) is 4.10. The van der Waals surface area contributed by atoms with Gasteiger partial charge in [0.2, 0.25) is 0 Å². The van der Waals surface area contributed by atoms with E-state index in [1.54, 1.807) is 12.5 Å². The molecule has 2 heterocycles. The van der Waals surface area contributed by atoms with Crippen LogP contribution in [0.5, 0.6) is 0 Å². The topological polar surface area (TPSA) is 63.8 Å². The second kappa shape index (κ2) is 6.56. The standard InChI is InChI=1S/C13H18N4OS/c1-4-6-10-16-11(14-5-2)9(3)12(17-10)19-13-15-7-8-18-13/h7-8H,4-6H2,1-3H3,(H,14,16,17). The summed E-state index contributed by atoms with van der Waals surface area (Å²) in [5.74, 6) is 1.76. The van der Waals surface area contributed by atoms with E-state index in [9.17, 15) is 0 Å². The number of aromatic nitrogens is 3. The van der Waals surface area contributed by atoms with Gasteiger partial charge in [-0.2, -0.15) is 0 Å². The minimum Gasteiger partial charge on any atom is -0.440 e. The number of nitrogens with zero attached hydrogens (tertiary/aromatic N) is 3. The molecule has 0 saturated carbocycles. The van der Waals surface area contributed by atoms with Gasteiger partial charge in [0, 0.05) is 18.5 Å². The largest absolute Gasteiger partial charge is 0.440 e. The Bertz CT molecular complexity index is 528. The molecular weight excluding hydrogens is 260 g/mol. The lowest BCUT2D eigenvalue weighted by Crippen LogP contribution is -2.07. The molecule has 0 unspecified atom stereocenters. The fourth-order valence-electron chi connectivity index (χ4n) is 1.66. The number of hydrogen-bond donors (Lipinski definition) is 1. The van der Waals surface area contributed by atoms with Crippen LogP contribution in [0.15, 0.2) is 27.1 Å². The van der Waals surface area contributed by atoms with Gasteiger partial charge in [-0.3, -0.25) is 0 Å². The third-order valence-corrected chi connectivity index (χ3v) is 3.53. The summed E-state index contributed by atoms with van der Waals surface area (Å²) in [6.45, 7) is 7.03. The van der Waals surface area contributed by atoms with Crippen molar-refractivity contribution in [2.24, 2.45) is 0 Å². The van der Waals surface area contributed by atoms with Crippen LogP contribution < -0.4 is 5.32 Å². The highest BCUT2D eigenvalue weighted by Gasteiger charge is 2.13. The summed E-state index contributed by atoms with van der Waals surface area (Å²) in [4.78, 5) is 13.3. The lowest BCUT2D eigenvalue weighted by Gasteiger charge is -2.11. The minimum atomic E-state index is 0.603. The molecule has 102 valence electrons. The van der Waals surface area contributed by atoms with Gasteiger partial charge in [0.1, 0.15) is 22.9 Å². The second-order valence-corrected chi connectivity index (χ2v) is 5.04. The Balaban J connectivity index is 2.33. The SMILES string of the molecule is CCCc1nc(NCC)c(C)c(Sc2ncco2)n1. The average molecular weight is 278 g/mol. The molecule has 0 radical (unpaired) electrons. The Morgan fingerprint density at radius 3 is 2.79 bits per heavy atom. The Hall–Kier alpha value is -1.56. The quantitative estimate of drug-likeness (QED) is 0.818. The summed E-state index contributed by atoms with van der Waals surface area (Å²) in [6, 6.07) is 0. The highest BCUT2D eigenvalue weighted by atomic mass is 32.2. The maximum absolute atomic E-state index is 5.26. The van der Waals surface area contributed by atoms with Crippen LogP contribution in [-0.2, 0) is 6.42 Å². The molecule has 0 bridgehead atoms. The first kappa shape index (κ1) is 13.9. The maximum Gasteiger partial charge on any atom is 0.261 e. The van der Waals surface area contributed by atoms with E-state index >= 15 is 0 Å². The molecule has 0 atom stereocenters. The molecular formula is C13H18N4OS. The molecule has 1 N–H and O–H groups in total. The van der Waals surface area contributed by atoms with Crippen LogP contribution in [0.3, 0.4) is 0 Å². The van der Waals surface area contributed by atoms with E-state index in [1.807, 2.05) is 6.92 Å². The zero-order valence-corrected chi connectivity index (χ0v) is 12.3. The van der Waals surface area contributed by atoms with Crippen LogP contribution in [0, 0.1) is 6.92 Å². The summed E-state index contributed by atoms with van der Waals surface area (Å²) in [5.41, 5.74) is 1.03. The van der Waals surface area contributed by atoms with Crippen LogP contribution >= 0.6 is 11.8 Å². The molecule has 0 saturated heterocycles. The molecule has 0 amide bonds. The number of nitrogens with one attached hydrogen (secondary N) is 1. The van der Waals surface area contributed by atoms with Gasteiger partial charge in [-0.1, -0.05) is 6.92 Å². The first-order chi connectivity index (χ1) is 9.24. The Kier molecular flexibility index (Phi) is 4.79. The van der Waals surface area contributed by atoms with E-state index in [4.69, 9.17) is 4.42 Å². The number of anilines is 1.